The minimum atomic E-state index is -0.381. The highest BCUT2D eigenvalue weighted by atomic mass is 16.5. The molecule has 0 bridgehead atoms. The van der Waals surface area contributed by atoms with Crippen LogP contribution in [0, 0.1) is 0 Å². The molecule has 0 atom stereocenters. The number of benzene rings is 2. The van der Waals surface area contributed by atoms with E-state index in [2.05, 4.69) is 0 Å². The van der Waals surface area contributed by atoms with Gasteiger partial charge < -0.3 is 9.47 Å². The molecule has 0 amide bonds. The molecule has 5 heteroatoms. The van der Waals surface area contributed by atoms with Crippen LogP contribution >= 0.6 is 0 Å². The molecule has 2 heterocycles. The van der Waals surface area contributed by atoms with Crippen LogP contribution in [0.5, 0.6) is 5.75 Å². The zero-order valence-electron chi connectivity index (χ0n) is 15.8. The maximum atomic E-state index is 12.8. The fraction of sp³-hybridized carbons (Fsp3) is 0.130. The summed E-state index contributed by atoms with van der Waals surface area (Å²) in [4.78, 5) is 12.8. The monoisotopic (exact) mass is 372 g/mol. The molecule has 0 spiro atoms. The summed E-state index contributed by atoms with van der Waals surface area (Å²) in [6.07, 6.45) is 0. The van der Waals surface area contributed by atoms with Gasteiger partial charge in [0.1, 0.15) is 17.0 Å². The molecular weight excluding hydrogens is 352 g/mol. The van der Waals surface area contributed by atoms with Crippen molar-refractivity contribution in [2.45, 2.75) is 6.92 Å². The van der Waals surface area contributed by atoms with Crippen molar-refractivity contribution in [1.29, 1.82) is 0 Å². The SMILES string of the molecule is CCOC(=O)c1c(-c2ccc(OC)cc2)nn2c(-c3ccccc3)cccc12. The summed E-state index contributed by atoms with van der Waals surface area (Å²) in [6, 6.07) is 23.3. The summed E-state index contributed by atoms with van der Waals surface area (Å²) in [5.41, 5.74) is 4.52. The average molecular weight is 372 g/mol. The summed E-state index contributed by atoms with van der Waals surface area (Å²) < 4.78 is 12.4. The Balaban J connectivity index is 1.97. The van der Waals surface area contributed by atoms with Gasteiger partial charge in [0.15, 0.2) is 0 Å². The second-order valence-corrected chi connectivity index (χ2v) is 6.25. The molecule has 0 saturated heterocycles. The van der Waals surface area contributed by atoms with Crippen LogP contribution in [-0.4, -0.2) is 29.3 Å². The van der Waals surface area contributed by atoms with Gasteiger partial charge in [-0.05, 0) is 43.3 Å². The fourth-order valence-corrected chi connectivity index (χ4v) is 3.25. The predicted octanol–water partition coefficient (Wildman–Crippen LogP) is 4.85. The molecule has 0 aliphatic heterocycles. The first kappa shape index (κ1) is 17.8. The average Bonchev–Trinajstić information content (AvgIpc) is 3.14. The maximum Gasteiger partial charge on any atom is 0.342 e. The van der Waals surface area contributed by atoms with Crippen LogP contribution in [0.3, 0.4) is 0 Å². The van der Waals surface area contributed by atoms with E-state index in [0.29, 0.717) is 23.4 Å². The van der Waals surface area contributed by atoms with Crippen LogP contribution in [0.4, 0.5) is 0 Å². The van der Waals surface area contributed by atoms with Crippen molar-refractivity contribution in [3.63, 3.8) is 0 Å². The lowest BCUT2D eigenvalue weighted by molar-refractivity contribution is 0.0529. The molecule has 0 aliphatic rings. The van der Waals surface area contributed by atoms with Crippen molar-refractivity contribution in [2.24, 2.45) is 0 Å². The number of rotatable bonds is 5. The molecule has 28 heavy (non-hydrogen) atoms. The van der Waals surface area contributed by atoms with Gasteiger partial charge in [0.05, 0.1) is 24.9 Å². The van der Waals surface area contributed by atoms with Crippen molar-refractivity contribution in [1.82, 2.24) is 9.61 Å². The normalized spacial score (nSPS) is 10.8. The number of nitrogens with zero attached hydrogens (tertiary/aromatic N) is 2. The predicted molar refractivity (Wildman–Crippen MR) is 109 cm³/mol. The molecule has 0 unspecified atom stereocenters. The molecule has 5 nitrogen and oxygen atoms in total. The number of hydrogen-bond acceptors (Lipinski definition) is 4. The Morgan fingerprint density at radius 2 is 1.68 bits per heavy atom. The highest BCUT2D eigenvalue weighted by Crippen LogP contribution is 2.31. The van der Waals surface area contributed by atoms with E-state index in [1.165, 1.54) is 0 Å². The van der Waals surface area contributed by atoms with Crippen LogP contribution < -0.4 is 4.74 Å². The third kappa shape index (κ3) is 3.11. The summed E-state index contributed by atoms with van der Waals surface area (Å²) in [5.74, 6) is 0.365. The summed E-state index contributed by atoms with van der Waals surface area (Å²) in [7, 11) is 1.62. The van der Waals surface area contributed by atoms with E-state index in [-0.39, 0.29) is 5.97 Å². The molecule has 2 aromatic carbocycles. The van der Waals surface area contributed by atoms with E-state index in [0.717, 1.165) is 22.6 Å². The number of methoxy groups -OCH3 is 1. The second kappa shape index (κ2) is 7.56. The molecule has 0 aliphatic carbocycles. The van der Waals surface area contributed by atoms with Crippen molar-refractivity contribution >= 4 is 11.5 Å². The number of hydrogen-bond donors (Lipinski definition) is 0. The second-order valence-electron chi connectivity index (χ2n) is 6.25. The standard InChI is InChI=1S/C23H20N2O3/c1-3-28-23(26)21-20-11-7-10-19(16-8-5-4-6-9-16)25(20)24-22(21)17-12-14-18(27-2)15-13-17/h4-15H,3H2,1-2H3. The Morgan fingerprint density at radius 3 is 2.36 bits per heavy atom. The highest BCUT2D eigenvalue weighted by molar-refractivity contribution is 6.03. The third-order valence-electron chi connectivity index (χ3n) is 4.57. The molecule has 140 valence electrons. The Hall–Kier alpha value is -3.60. The number of ether oxygens (including phenoxy) is 2. The van der Waals surface area contributed by atoms with E-state index >= 15 is 0 Å². The molecular formula is C23H20N2O3. The van der Waals surface area contributed by atoms with Crippen LogP contribution in [0.2, 0.25) is 0 Å². The Morgan fingerprint density at radius 1 is 0.929 bits per heavy atom. The summed E-state index contributed by atoms with van der Waals surface area (Å²) in [6.45, 7) is 2.10. The quantitative estimate of drug-likeness (QED) is 0.470. The molecule has 0 fully saturated rings. The minimum absolute atomic E-state index is 0.302. The minimum Gasteiger partial charge on any atom is -0.497 e. The van der Waals surface area contributed by atoms with Gasteiger partial charge in [-0.2, -0.15) is 5.10 Å². The first-order chi connectivity index (χ1) is 13.7. The van der Waals surface area contributed by atoms with Crippen LogP contribution in [0.1, 0.15) is 17.3 Å². The van der Waals surface area contributed by atoms with E-state index in [1.807, 2.05) is 72.8 Å². The number of carbonyl (C=O) groups is 1. The Bertz CT molecular complexity index is 1120. The molecule has 0 saturated carbocycles. The van der Waals surface area contributed by atoms with Gasteiger partial charge in [-0.3, -0.25) is 0 Å². The van der Waals surface area contributed by atoms with Crippen molar-refractivity contribution < 1.29 is 14.3 Å². The first-order valence-electron chi connectivity index (χ1n) is 9.11. The van der Waals surface area contributed by atoms with Crippen molar-refractivity contribution in [3.05, 3.63) is 78.4 Å². The number of pyridine rings is 1. The van der Waals surface area contributed by atoms with E-state index in [4.69, 9.17) is 14.6 Å². The largest absolute Gasteiger partial charge is 0.497 e. The molecule has 0 radical (unpaired) electrons. The molecule has 0 N–H and O–H groups in total. The zero-order valence-corrected chi connectivity index (χ0v) is 15.8. The van der Waals surface area contributed by atoms with E-state index < -0.39 is 0 Å². The van der Waals surface area contributed by atoms with Crippen LogP contribution in [0.15, 0.2) is 72.8 Å². The Labute approximate surface area is 163 Å². The zero-order chi connectivity index (χ0) is 19.5. The lowest BCUT2D eigenvalue weighted by Crippen LogP contribution is -2.05. The van der Waals surface area contributed by atoms with Crippen molar-refractivity contribution in [3.8, 4) is 28.3 Å². The fourth-order valence-electron chi connectivity index (χ4n) is 3.25. The van der Waals surface area contributed by atoms with Gasteiger partial charge in [0.25, 0.3) is 0 Å². The van der Waals surface area contributed by atoms with Gasteiger partial charge in [-0.25, -0.2) is 9.31 Å². The first-order valence-corrected chi connectivity index (χ1v) is 9.11. The highest BCUT2D eigenvalue weighted by Gasteiger charge is 2.23. The van der Waals surface area contributed by atoms with Crippen molar-refractivity contribution in [2.75, 3.05) is 13.7 Å². The number of aromatic nitrogens is 2. The smallest absolute Gasteiger partial charge is 0.342 e. The summed E-state index contributed by atoms with van der Waals surface area (Å²) >= 11 is 0. The van der Waals surface area contributed by atoms with Gasteiger partial charge >= 0.3 is 5.97 Å². The molecule has 4 rings (SSSR count). The van der Waals surface area contributed by atoms with Gasteiger partial charge in [-0.15, -0.1) is 0 Å². The molecule has 4 aromatic rings. The lowest BCUT2D eigenvalue weighted by atomic mass is 10.1. The van der Waals surface area contributed by atoms with Gasteiger partial charge in [-0.1, -0.05) is 36.4 Å². The number of carbonyl (C=O) groups excluding carboxylic acids is 1. The molecule has 2 aromatic heterocycles. The van der Waals surface area contributed by atoms with E-state index in [1.54, 1.807) is 18.5 Å². The number of fused-ring (bicyclic) bond motifs is 1. The Kier molecular flexibility index (Phi) is 4.81. The van der Waals surface area contributed by atoms with Gasteiger partial charge in [0.2, 0.25) is 0 Å². The summed E-state index contributed by atoms with van der Waals surface area (Å²) in [5, 5.41) is 4.79. The van der Waals surface area contributed by atoms with E-state index in [9.17, 15) is 4.79 Å². The third-order valence-corrected chi connectivity index (χ3v) is 4.57. The van der Waals surface area contributed by atoms with Crippen LogP contribution in [-0.2, 0) is 4.74 Å². The number of esters is 1. The maximum absolute atomic E-state index is 12.8. The van der Waals surface area contributed by atoms with Gasteiger partial charge in [0, 0.05) is 11.1 Å². The van der Waals surface area contributed by atoms with Crippen LogP contribution in [0.25, 0.3) is 28.0 Å². The lowest BCUT2D eigenvalue weighted by Gasteiger charge is -2.05. The topological polar surface area (TPSA) is 52.8 Å².